The maximum Gasteiger partial charge on any atom is 0.241 e. The number of amides is 1. The van der Waals surface area contributed by atoms with Crippen LogP contribution in [-0.4, -0.2) is 50.1 Å². The van der Waals surface area contributed by atoms with Crippen molar-refractivity contribution in [2.24, 2.45) is 0 Å². The molecule has 0 aromatic heterocycles. The molecule has 2 aromatic carbocycles. The number of anilines is 2. The van der Waals surface area contributed by atoms with E-state index in [4.69, 9.17) is 10.00 Å². The Kier molecular flexibility index (Phi) is 5.94. The molecule has 1 aliphatic rings. The molecule has 2 aromatic rings. The van der Waals surface area contributed by atoms with Crippen molar-refractivity contribution in [1.82, 2.24) is 4.90 Å². The van der Waals surface area contributed by atoms with Crippen LogP contribution in [0.15, 0.2) is 48.5 Å². The van der Waals surface area contributed by atoms with E-state index in [1.54, 1.807) is 25.3 Å². The number of para-hydroxylation sites is 1. The standard InChI is InChI=1S/C21H24N4O2/c1-16(21(26)23-20-9-4-3-6-17(20)15-22)24-10-12-25(13-11-24)18-7-5-8-19(14-18)27-2/h3-9,14,16H,10-13H2,1-2H3,(H,23,26)/t16-/m0/s1. The predicted octanol–water partition coefficient (Wildman–Crippen LogP) is 2.72. The van der Waals surface area contributed by atoms with Crippen LogP contribution in [0.2, 0.25) is 0 Å². The second-order valence-electron chi connectivity index (χ2n) is 6.55. The quantitative estimate of drug-likeness (QED) is 0.883. The third-order valence-corrected chi connectivity index (χ3v) is 4.97. The topological polar surface area (TPSA) is 68.6 Å². The Morgan fingerprint density at radius 1 is 1.15 bits per heavy atom. The second-order valence-corrected chi connectivity index (χ2v) is 6.55. The highest BCUT2D eigenvalue weighted by atomic mass is 16.5. The number of hydrogen-bond donors (Lipinski definition) is 1. The molecule has 1 amide bonds. The van der Waals surface area contributed by atoms with E-state index in [1.165, 1.54) is 0 Å². The molecule has 6 heteroatoms. The highest BCUT2D eigenvalue weighted by Gasteiger charge is 2.26. The Morgan fingerprint density at radius 3 is 2.59 bits per heavy atom. The fourth-order valence-electron chi connectivity index (χ4n) is 3.27. The second kappa shape index (κ2) is 8.56. The van der Waals surface area contributed by atoms with Crippen molar-refractivity contribution in [3.63, 3.8) is 0 Å². The Hall–Kier alpha value is -3.04. The number of nitriles is 1. The van der Waals surface area contributed by atoms with Gasteiger partial charge in [0.15, 0.2) is 0 Å². The first kappa shape index (κ1) is 18.7. The van der Waals surface area contributed by atoms with Crippen LogP contribution in [0.3, 0.4) is 0 Å². The Balaban J connectivity index is 1.58. The summed E-state index contributed by atoms with van der Waals surface area (Å²) < 4.78 is 5.30. The number of nitrogens with one attached hydrogen (secondary N) is 1. The van der Waals surface area contributed by atoms with Crippen molar-refractivity contribution in [2.45, 2.75) is 13.0 Å². The molecule has 140 valence electrons. The summed E-state index contributed by atoms with van der Waals surface area (Å²) in [5, 5.41) is 12.1. The molecule has 1 N–H and O–H groups in total. The van der Waals surface area contributed by atoms with Gasteiger partial charge in [0, 0.05) is 37.9 Å². The van der Waals surface area contributed by atoms with Crippen LogP contribution in [0.25, 0.3) is 0 Å². The first-order chi connectivity index (χ1) is 13.1. The summed E-state index contributed by atoms with van der Waals surface area (Å²) in [6.45, 7) is 5.20. The highest BCUT2D eigenvalue weighted by molar-refractivity contribution is 5.95. The van der Waals surface area contributed by atoms with Gasteiger partial charge in [0.05, 0.1) is 24.4 Å². The van der Waals surface area contributed by atoms with Crippen LogP contribution in [0.4, 0.5) is 11.4 Å². The summed E-state index contributed by atoms with van der Waals surface area (Å²) in [6.07, 6.45) is 0. The Bertz CT molecular complexity index is 838. The van der Waals surface area contributed by atoms with Crippen LogP contribution in [0.1, 0.15) is 12.5 Å². The lowest BCUT2D eigenvalue weighted by Gasteiger charge is -2.38. The fraction of sp³-hybridized carbons (Fsp3) is 0.333. The van der Waals surface area contributed by atoms with Gasteiger partial charge in [0.25, 0.3) is 0 Å². The molecule has 0 spiro atoms. The SMILES string of the molecule is COc1cccc(N2CCN([C@@H](C)C(=O)Nc3ccccc3C#N)CC2)c1. The van der Waals surface area contributed by atoms with Gasteiger partial charge in [-0.3, -0.25) is 9.69 Å². The predicted molar refractivity (Wildman–Crippen MR) is 106 cm³/mol. The van der Waals surface area contributed by atoms with E-state index in [0.717, 1.165) is 37.6 Å². The first-order valence-corrected chi connectivity index (χ1v) is 9.05. The van der Waals surface area contributed by atoms with Gasteiger partial charge in [-0.15, -0.1) is 0 Å². The fourth-order valence-corrected chi connectivity index (χ4v) is 3.27. The van der Waals surface area contributed by atoms with Crippen LogP contribution in [-0.2, 0) is 4.79 Å². The first-order valence-electron chi connectivity index (χ1n) is 9.05. The van der Waals surface area contributed by atoms with Gasteiger partial charge in [-0.2, -0.15) is 5.26 Å². The van der Waals surface area contributed by atoms with Gasteiger partial charge in [-0.25, -0.2) is 0 Å². The lowest BCUT2D eigenvalue weighted by atomic mass is 10.1. The molecule has 0 unspecified atom stereocenters. The van der Waals surface area contributed by atoms with E-state index in [9.17, 15) is 4.79 Å². The van der Waals surface area contributed by atoms with E-state index in [0.29, 0.717) is 11.3 Å². The van der Waals surface area contributed by atoms with Crippen molar-refractivity contribution in [3.05, 3.63) is 54.1 Å². The monoisotopic (exact) mass is 364 g/mol. The van der Waals surface area contributed by atoms with Gasteiger partial charge in [-0.1, -0.05) is 18.2 Å². The number of piperazine rings is 1. The number of methoxy groups -OCH3 is 1. The summed E-state index contributed by atoms with van der Waals surface area (Å²) in [5.74, 6) is 0.756. The van der Waals surface area contributed by atoms with Crippen molar-refractivity contribution in [2.75, 3.05) is 43.5 Å². The van der Waals surface area contributed by atoms with E-state index >= 15 is 0 Å². The van der Waals surface area contributed by atoms with Crippen molar-refractivity contribution >= 4 is 17.3 Å². The number of rotatable bonds is 5. The molecule has 0 saturated carbocycles. The van der Waals surface area contributed by atoms with E-state index in [2.05, 4.69) is 27.3 Å². The van der Waals surface area contributed by atoms with Gasteiger partial charge in [0.1, 0.15) is 11.8 Å². The molecule has 6 nitrogen and oxygen atoms in total. The maximum atomic E-state index is 12.6. The third kappa shape index (κ3) is 4.39. The highest BCUT2D eigenvalue weighted by Crippen LogP contribution is 2.23. The Morgan fingerprint density at radius 2 is 1.89 bits per heavy atom. The number of carbonyl (C=O) groups excluding carboxylic acids is 1. The van der Waals surface area contributed by atoms with Crippen LogP contribution in [0.5, 0.6) is 5.75 Å². The Labute approximate surface area is 160 Å². The number of ether oxygens (including phenoxy) is 1. The molecule has 27 heavy (non-hydrogen) atoms. The average Bonchev–Trinajstić information content (AvgIpc) is 2.73. The third-order valence-electron chi connectivity index (χ3n) is 4.97. The molecule has 1 atom stereocenters. The molecule has 1 heterocycles. The van der Waals surface area contributed by atoms with Crippen molar-refractivity contribution < 1.29 is 9.53 Å². The zero-order valence-electron chi connectivity index (χ0n) is 15.7. The van der Waals surface area contributed by atoms with Crippen LogP contribution >= 0.6 is 0 Å². The summed E-state index contributed by atoms with van der Waals surface area (Å²) in [5.41, 5.74) is 2.17. The van der Waals surface area contributed by atoms with Gasteiger partial charge in [-0.05, 0) is 31.2 Å². The summed E-state index contributed by atoms with van der Waals surface area (Å²) >= 11 is 0. The van der Waals surface area contributed by atoms with Gasteiger partial charge in [0.2, 0.25) is 5.91 Å². The lowest BCUT2D eigenvalue weighted by molar-refractivity contribution is -0.120. The van der Waals surface area contributed by atoms with Gasteiger partial charge >= 0.3 is 0 Å². The minimum atomic E-state index is -0.260. The number of hydrogen-bond acceptors (Lipinski definition) is 5. The smallest absolute Gasteiger partial charge is 0.241 e. The summed E-state index contributed by atoms with van der Waals surface area (Å²) in [7, 11) is 1.67. The molecule has 1 fully saturated rings. The number of nitrogens with zero attached hydrogens (tertiary/aromatic N) is 3. The molecule has 3 rings (SSSR count). The molecular weight excluding hydrogens is 340 g/mol. The molecule has 0 bridgehead atoms. The summed E-state index contributed by atoms with van der Waals surface area (Å²) in [6, 6.07) is 16.9. The average molecular weight is 364 g/mol. The largest absolute Gasteiger partial charge is 0.497 e. The molecular formula is C21H24N4O2. The molecule has 0 radical (unpaired) electrons. The van der Waals surface area contributed by atoms with Crippen LogP contribution in [0, 0.1) is 11.3 Å². The van der Waals surface area contributed by atoms with Gasteiger partial charge < -0.3 is 15.0 Å². The lowest BCUT2D eigenvalue weighted by Crippen LogP contribution is -2.52. The maximum absolute atomic E-state index is 12.6. The minimum absolute atomic E-state index is 0.0902. The van der Waals surface area contributed by atoms with E-state index in [1.807, 2.05) is 31.2 Å². The van der Waals surface area contributed by atoms with Crippen molar-refractivity contribution in [1.29, 1.82) is 5.26 Å². The normalized spacial score (nSPS) is 15.7. The summed E-state index contributed by atoms with van der Waals surface area (Å²) in [4.78, 5) is 17.1. The molecule has 1 aliphatic heterocycles. The van der Waals surface area contributed by atoms with Crippen LogP contribution < -0.4 is 15.0 Å². The number of carbonyl (C=O) groups is 1. The number of benzene rings is 2. The molecule has 1 saturated heterocycles. The minimum Gasteiger partial charge on any atom is -0.497 e. The van der Waals surface area contributed by atoms with E-state index < -0.39 is 0 Å². The van der Waals surface area contributed by atoms with E-state index in [-0.39, 0.29) is 11.9 Å². The zero-order valence-corrected chi connectivity index (χ0v) is 15.7. The molecule has 0 aliphatic carbocycles. The zero-order chi connectivity index (χ0) is 19.2. The van der Waals surface area contributed by atoms with Crippen molar-refractivity contribution in [3.8, 4) is 11.8 Å².